The third-order valence-corrected chi connectivity index (χ3v) is 3.31. The van der Waals surface area contributed by atoms with Crippen LogP contribution in [0.15, 0.2) is 64.8 Å². The first kappa shape index (κ1) is 14.0. The smallest absolute Gasteiger partial charge is 0.352 e. The van der Waals surface area contributed by atoms with E-state index < -0.39 is 5.97 Å². The second kappa shape index (κ2) is 6.22. The number of hydrogen-bond donors (Lipinski definition) is 1. The number of rotatable bonds is 4. The third-order valence-electron chi connectivity index (χ3n) is 3.31. The van der Waals surface area contributed by atoms with Crippen molar-refractivity contribution in [2.75, 3.05) is 0 Å². The van der Waals surface area contributed by atoms with Crippen molar-refractivity contribution in [2.24, 2.45) is 10.2 Å². The van der Waals surface area contributed by atoms with Crippen molar-refractivity contribution in [3.63, 3.8) is 0 Å². The van der Waals surface area contributed by atoms with E-state index in [1.165, 1.54) is 0 Å². The summed E-state index contributed by atoms with van der Waals surface area (Å²) in [6.45, 7) is 0.344. The zero-order valence-corrected chi connectivity index (χ0v) is 11.8. The molecule has 0 amide bonds. The summed E-state index contributed by atoms with van der Waals surface area (Å²) in [5.41, 5.74) is 3.30. The van der Waals surface area contributed by atoms with Gasteiger partial charge in [-0.15, -0.1) is 10.2 Å². The maximum atomic E-state index is 10.7. The van der Waals surface area contributed by atoms with Gasteiger partial charge in [0, 0.05) is 0 Å². The number of carboxylic acids is 1. The Labute approximate surface area is 127 Å². The Morgan fingerprint density at radius 2 is 1.68 bits per heavy atom. The molecule has 1 N–H and O–H groups in total. The molecule has 0 spiro atoms. The second-order valence-electron chi connectivity index (χ2n) is 4.87. The molecule has 0 saturated heterocycles. The highest BCUT2D eigenvalue weighted by Crippen LogP contribution is 2.19. The maximum Gasteiger partial charge on any atom is 0.352 e. The van der Waals surface area contributed by atoms with Gasteiger partial charge < -0.3 is 9.84 Å². The Hall–Kier alpha value is -2.95. The molecule has 0 aromatic heterocycles. The van der Waals surface area contributed by atoms with Gasteiger partial charge in [0.15, 0.2) is 5.71 Å². The standard InChI is InChI=1S/C17H14N2O3/c20-17(21)15-10-16(19-18-15)22-11-12-6-8-14(9-7-12)13-4-2-1-3-5-13/h1-9H,10-11H2,(H,20,21). The van der Waals surface area contributed by atoms with E-state index >= 15 is 0 Å². The van der Waals surface area contributed by atoms with Crippen LogP contribution in [0.2, 0.25) is 0 Å². The Kier molecular flexibility index (Phi) is 3.96. The van der Waals surface area contributed by atoms with Crippen LogP contribution in [0.25, 0.3) is 11.1 Å². The molecular weight excluding hydrogens is 280 g/mol. The van der Waals surface area contributed by atoms with Crippen molar-refractivity contribution in [2.45, 2.75) is 13.0 Å². The number of carboxylic acid groups (broad SMARTS) is 1. The maximum absolute atomic E-state index is 10.7. The molecule has 1 aliphatic rings. The van der Waals surface area contributed by atoms with Gasteiger partial charge in [-0.05, 0) is 16.7 Å². The molecule has 0 atom stereocenters. The molecule has 5 heteroatoms. The van der Waals surface area contributed by atoms with Crippen LogP contribution < -0.4 is 0 Å². The molecule has 2 aromatic rings. The number of carbonyl (C=O) groups is 1. The van der Waals surface area contributed by atoms with E-state index in [1.54, 1.807) is 0 Å². The summed E-state index contributed by atoms with van der Waals surface area (Å²) in [5, 5.41) is 16.1. The molecule has 2 aromatic carbocycles. The normalized spacial score (nSPS) is 13.5. The predicted molar refractivity (Wildman–Crippen MR) is 83.8 cm³/mol. The Bertz CT molecular complexity index is 734. The lowest BCUT2D eigenvalue weighted by molar-refractivity contribution is -0.129. The summed E-state index contributed by atoms with van der Waals surface area (Å²) in [6, 6.07) is 18.1. The molecule has 0 radical (unpaired) electrons. The van der Waals surface area contributed by atoms with Crippen LogP contribution in [0, 0.1) is 0 Å². The van der Waals surface area contributed by atoms with E-state index in [0.717, 1.165) is 16.7 Å². The van der Waals surface area contributed by atoms with Crippen LogP contribution in [0.5, 0.6) is 0 Å². The summed E-state index contributed by atoms with van der Waals surface area (Å²) in [7, 11) is 0. The van der Waals surface area contributed by atoms with E-state index in [-0.39, 0.29) is 12.1 Å². The van der Waals surface area contributed by atoms with E-state index in [9.17, 15) is 4.79 Å². The van der Waals surface area contributed by atoms with Crippen molar-refractivity contribution >= 4 is 17.6 Å². The van der Waals surface area contributed by atoms with Gasteiger partial charge in [-0.1, -0.05) is 54.6 Å². The highest BCUT2D eigenvalue weighted by Gasteiger charge is 2.19. The molecule has 5 nitrogen and oxygen atoms in total. The summed E-state index contributed by atoms with van der Waals surface area (Å²) in [4.78, 5) is 10.7. The minimum Gasteiger partial charge on any atom is -0.477 e. The Morgan fingerprint density at radius 1 is 1.00 bits per heavy atom. The molecule has 3 rings (SSSR count). The molecule has 1 aliphatic heterocycles. The van der Waals surface area contributed by atoms with Crippen LogP contribution in [-0.4, -0.2) is 22.7 Å². The number of aliphatic carboxylic acids is 1. The molecule has 110 valence electrons. The first-order valence-corrected chi connectivity index (χ1v) is 6.86. The molecule has 0 unspecified atom stereocenters. The average molecular weight is 294 g/mol. The monoisotopic (exact) mass is 294 g/mol. The molecule has 0 fully saturated rings. The summed E-state index contributed by atoms with van der Waals surface area (Å²) >= 11 is 0. The molecule has 0 saturated carbocycles. The van der Waals surface area contributed by atoms with Crippen molar-refractivity contribution in [3.05, 3.63) is 60.2 Å². The fraction of sp³-hybridized carbons (Fsp3) is 0.118. The van der Waals surface area contributed by atoms with E-state index in [2.05, 4.69) is 22.3 Å². The lowest BCUT2D eigenvalue weighted by atomic mass is 10.0. The molecule has 1 heterocycles. The summed E-state index contributed by atoms with van der Waals surface area (Å²) in [5.74, 6) is -0.723. The largest absolute Gasteiger partial charge is 0.477 e. The van der Waals surface area contributed by atoms with Crippen molar-refractivity contribution in [1.82, 2.24) is 0 Å². The zero-order chi connectivity index (χ0) is 15.4. The number of nitrogens with zero attached hydrogens (tertiary/aromatic N) is 2. The Balaban J connectivity index is 1.58. The van der Waals surface area contributed by atoms with Gasteiger partial charge in [0.25, 0.3) is 0 Å². The van der Waals surface area contributed by atoms with Crippen molar-refractivity contribution in [3.8, 4) is 11.1 Å². The lowest BCUT2D eigenvalue weighted by Crippen LogP contribution is -2.14. The first-order valence-electron chi connectivity index (χ1n) is 6.86. The zero-order valence-electron chi connectivity index (χ0n) is 11.8. The van der Waals surface area contributed by atoms with Crippen LogP contribution in [0.3, 0.4) is 0 Å². The van der Waals surface area contributed by atoms with Gasteiger partial charge in [0.05, 0.1) is 6.42 Å². The second-order valence-corrected chi connectivity index (χ2v) is 4.87. The van der Waals surface area contributed by atoms with Gasteiger partial charge in [0.2, 0.25) is 5.90 Å². The van der Waals surface area contributed by atoms with Gasteiger partial charge >= 0.3 is 5.97 Å². The highest BCUT2D eigenvalue weighted by molar-refractivity contribution is 6.39. The van der Waals surface area contributed by atoms with Gasteiger partial charge in [-0.2, -0.15) is 0 Å². The molecular formula is C17H14N2O3. The minimum absolute atomic E-state index is 0.00873. The SMILES string of the molecule is O=C(O)C1=NN=C(OCc2ccc(-c3ccccc3)cc2)C1. The van der Waals surface area contributed by atoms with Crippen LogP contribution in [-0.2, 0) is 16.1 Å². The fourth-order valence-electron chi connectivity index (χ4n) is 2.12. The topological polar surface area (TPSA) is 71.2 Å². The third kappa shape index (κ3) is 3.20. The minimum atomic E-state index is -1.06. The lowest BCUT2D eigenvalue weighted by Gasteiger charge is -2.06. The molecule has 0 aliphatic carbocycles. The number of ether oxygens (including phenoxy) is 1. The summed E-state index contributed by atoms with van der Waals surface area (Å²) in [6.07, 6.45) is 0.136. The van der Waals surface area contributed by atoms with E-state index in [0.29, 0.717) is 12.5 Å². The van der Waals surface area contributed by atoms with Crippen LogP contribution >= 0.6 is 0 Å². The average Bonchev–Trinajstić information content (AvgIpc) is 3.04. The van der Waals surface area contributed by atoms with Crippen molar-refractivity contribution in [1.29, 1.82) is 0 Å². The quantitative estimate of drug-likeness (QED) is 0.941. The van der Waals surface area contributed by atoms with E-state index in [4.69, 9.17) is 9.84 Å². The number of hydrogen-bond acceptors (Lipinski definition) is 4. The molecule has 0 bridgehead atoms. The van der Waals surface area contributed by atoms with Crippen LogP contribution in [0.1, 0.15) is 12.0 Å². The predicted octanol–water partition coefficient (Wildman–Crippen LogP) is 3.11. The van der Waals surface area contributed by atoms with Crippen LogP contribution in [0.4, 0.5) is 0 Å². The van der Waals surface area contributed by atoms with E-state index in [1.807, 2.05) is 42.5 Å². The summed E-state index contributed by atoms with van der Waals surface area (Å²) < 4.78 is 5.49. The van der Waals surface area contributed by atoms with Gasteiger partial charge in [0.1, 0.15) is 6.61 Å². The van der Waals surface area contributed by atoms with Gasteiger partial charge in [-0.3, -0.25) is 0 Å². The Morgan fingerprint density at radius 3 is 2.32 bits per heavy atom. The van der Waals surface area contributed by atoms with Gasteiger partial charge in [-0.25, -0.2) is 4.79 Å². The molecule has 22 heavy (non-hydrogen) atoms. The fourth-order valence-corrected chi connectivity index (χ4v) is 2.12. The van der Waals surface area contributed by atoms with Crippen molar-refractivity contribution < 1.29 is 14.6 Å². The first-order chi connectivity index (χ1) is 10.7. The number of benzene rings is 2. The highest BCUT2D eigenvalue weighted by atomic mass is 16.5.